The van der Waals surface area contributed by atoms with Crippen molar-refractivity contribution < 1.29 is 27.4 Å². The highest BCUT2D eigenvalue weighted by Crippen LogP contribution is 2.32. The molecule has 7 nitrogen and oxygen atoms in total. The molecule has 0 bridgehead atoms. The molecule has 0 unspecified atom stereocenters. The first-order valence-electron chi connectivity index (χ1n) is 7.46. The van der Waals surface area contributed by atoms with Gasteiger partial charge in [0.25, 0.3) is 5.91 Å². The maximum Gasteiger partial charge on any atom is 0.260 e. The summed E-state index contributed by atoms with van der Waals surface area (Å²) in [6.07, 6.45) is 1.15. The van der Waals surface area contributed by atoms with E-state index in [1.807, 2.05) is 0 Å². The maximum absolute atomic E-state index is 12.9. The Bertz CT molecular complexity index is 910. The van der Waals surface area contributed by atoms with E-state index < -0.39 is 20.6 Å². The number of primary amides is 1. The summed E-state index contributed by atoms with van der Waals surface area (Å²) in [6, 6.07) is 10.6. The van der Waals surface area contributed by atoms with Gasteiger partial charge in [-0.1, -0.05) is 6.07 Å². The Morgan fingerprint density at radius 2 is 1.46 bits per heavy atom. The number of rotatable bonds is 7. The number of carbonyl (C=O) groups is 1. The Labute approximate surface area is 151 Å². The zero-order chi connectivity index (χ0) is 19.3. The third-order valence-electron chi connectivity index (χ3n) is 3.64. The molecule has 0 fully saturated rings. The fourth-order valence-corrected chi connectivity index (χ4v) is 3.60. The van der Waals surface area contributed by atoms with Crippen LogP contribution < -0.4 is 19.9 Å². The van der Waals surface area contributed by atoms with Crippen LogP contribution in [0.4, 0.5) is 0 Å². The van der Waals surface area contributed by atoms with Crippen LogP contribution in [0.1, 0.15) is 5.56 Å². The SMILES string of the molecule is COc1ccc(S(=O)(=O)/C(=C\c2c(OC)cccc2OC)C(N)=O)cc1. The lowest BCUT2D eigenvalue weighted by atomic mass is 10.1. The molecule has 0 spiro atoms. The van der Waals surface area contributed by atoms with Crippen LogP contribution in [0, 0.1) is 0 Å². The molecular weight excluding hydrogens is 358 g/mol. The molecule has 0 aliphatic carbocycles. The Hall–Kier alpha value is -3.00. The van der Waals surface area contributed by atoms with Gasteiger partial charge in [0.05, 0.1) is 31.8 Å². The lowest BCUT2D eigenvalue weighted by Crippen LogP contribution is -2.21. The van der Waals surface area contributed by atoms with Crippen molar-refractivity contribution in [1.29, 1.82) is 0 Å². The second-order valence-corrected chi connectivity index (χ2v) is 7.05. The van der Waals surface area contributed by atoms with Gasteiger partial charge in [-0.15, -0.1) is 0 Å². The van der Waals surface area contributed by atoms with Gasteiger partial charge in [0.1, 0.15) is 22.2 Å². The zero-order valence-electron chi connectivity index (χ0n) is 14.6. The van der Waals surface area contributed by atoms with Crippen LogP contribution in [0.3, 0.4) is 0 Å². The molecule has 8 heteroatoms. The minimum absolute atomic E-state index is 0.0859. The van der Waals surface area contributed by atoms with Crippen molar-refractivity contribution in [3.8, 4) is 17.2 Å². The van der Waals surface area contributed by atoms with Crippen molar-refractivity contribution in [1.82, 2.24) is 0 Å². The molecule has 0 radical (unpaired) electrons. The largest absolute Gasteiger partial charge is 0.497 e. The summed E-state index contributed by atoms with van der Waals surface area (Å²) in [6.45, 7) is 0. The van der Waals surface area contributed by atoms with E-state index in [9.17, 15) is 13.2 Å². The van der Waals surface area contributed by atoms with Crippen LogP contribution in [-0.2, 0) is 14.6 Å². The summed E-state index contributed by atoms with van der Waals surface area (Å²) in [5.41, 5.74) is 5.65. The molecule has 0 saturated carbocycles. The van der Waals surface area contributed by atoms with Crippen molar-refractivity contribution in [3.05, 3.63) is 52.9 Å². The number of sulfone groups is 1. The first-order chi connectivity index (χ1) is 12.3. The molecule has 0 atom stereocenters. The van der Waals surface area contributed by atoms with Crippen LogP contribution in [0.5, 0.6) is 17.2 Å². The number of carbonyl (C=O) groups excluding carboxylic acids is 1. The average molecular weight is 377 g/mol. The molecule has 2 N–H and O–H groups in total. The van der Waals surface area contributed by atoms with E-state index in [4.69, 9.17) is 19.9 Å². The highest BCUT2D eigenvalue weighted by atomic mass is 32.2. The van der Waals surface area contributed by atoms with Crippen LogP contribution >= 0.6 is 0 Å². The first-order valence-corrected chi connectivity index (χ1v) is 8.95. The monoisotopic (exact) mass is 377 g/mol. The molecule has 26 heavy (non-hydrogen) atoms. The maximum atomic E-state index is 12.9. The van der Waals surface area contributed by atoms with Gasteiger partial charge in [0, 0.05) is 0 Å². The van der Waals surface area contributed by atoms with Crippen molar-refractivity contribution >= 4 is 21.8 Å². The summed E-state index contributed by atoms with van der Waals surface area (Å²) in [7, 11) is 0.160. The van der Waals surface area contributed by atoms with E-state index in [-0.39, 0.29) is 4.90 Å². The highest BCUT2D eigenvalue weighted by molar-refractivity contribution is 7.96. The number of nitrogens with two attached hydrogens (primary N) is 1. The molecule has 2 rings (SSSR count). The smallest absolute Gasteiger partial charge is 0.260 e. The molecule has 0 saturated heterocycles. The minimum atomic E-state index is -4.15. The molecule has 0 aliphatic rings. The van der Waals surface area contributed by atoms with Gasteiger partial charge >= 0.3 is 0 Å². The van der Waals surface area contributed by atoms with E-state index in [2.05, 4.69) is 0 Å². The van der Waals surface area contributed by atoms with Gasteiger partial charge in [-0.05, 0) is 42.5 Å². The number of amides is 1. The summed E-state index contributed by atoms with van der Waals surface area (Å²) in [5, 5.41) is 0. The third kappa shape index (κ3) is 3.80. The molecule has 2 aromatic carbocycles. The summed E-state index contributed by atoms with van der Waals surface area (Å²) in [4.78, 5) is 11.3. The van der Waals surface area contributed by atoms with Gasteiger partial charge < -0.3 is 19.9 Å². The van der Waals surface area contributed by atoms with Crippen molar-refractivity contribution in [2.24, 2.45) is 5.73 Å². The highest BCUT2D eigenvalue weighted by Gasteiger charge is 2.26. The Kier molecular flexibility index (Phi) is 5.89. The predicted molar refractivity (Wildman–Crippen MR) is 96.9 cm³/mol. The quantitative estimate of drug-likeness (QED) is 0.740. The fraction of sp³-hybridized carbons (Fsp3) is 0.167. The lowest BCUT2D eigenvalue weighted by Gasteiger charge is -2.12. The normalized spacial score (nSPS) is 11.7. The van der Waals surface area contributed by atoms with E-state index in [0.717, 1.165) is 6.08 Å². The Morgan fingerprint density at radius 1 is 0.923 bits per heavy atom. The van der Waals surface area contributed by atoms with Crippen molar-refractivity contribution in [2.75, 3.05) is 21.3 Å². The van der Waals surface area contributed by atoms with Crippen LogP contribution in [-0.4, -0.2) is 35.7 Å². The lowest BCUT2D eigenvalue weighted by molar-refractivity contribution is -0.113. The number of methoxy groups -OCH3 is 3. The minimum Gasteiger partial charge on any atom is -0.497 e. The summed E-state index contributed by atoms with van der Waals surface area (Å²) < 4.78 is 41.2. The topological polar surface area (TPSA) is 105 Å². The second kappa shape index (κ2) is 7.92. The molecule has 0 aliphatic heterocycles. The number of ether oxygens (including phenoxy) is 3. The molecule has 0 heterocycles. The van der Waals surface area contributed by atoms with Crippen LogP contribution in [0.15, 0.2) is 52.3 Å². The van der Waals surface area contributed by atoms with Gasteiger partial charge in [0.2, 0.25) is 9.84 Å². The van der Waals surface area contributed by atoms with Crippen LogP contribution in [0.25, 0.3) is 6.08 Å². The van der Waals surface area contributed by atoms with Crippen molar-refractivity contribution in [2.45, 2.75) is 4.90 Å². The predicted octanol–water partition coefficient (Wildman–Crippen LogP) is 2.01. The molecule has 1 amide bonds. The number of hydrogen-bond donors (Lipinski definition) is 1. The Morgan fingerprint density at radius 3 is 1.88 bits per heavy atom. The van der Waals surface area contributed by atoms with E-state index in [1.165, 1.54) is 45.6 Å². The summed E-state index contributed by atoms with van der Waals surface area (Å²) >= 11 is 0. The first kappa shape index (κ1) is 19.3. The van der Waals surface area contributed by atoms with Crippen molar-refractivity contribution in [3.63, 3.8) is 0 Å². The van der Waals surface area contributed by atoms with E-state index in [0.29, 0.717) is 22.8 Å². The van der Waals surface area contributed by atoms with Gasteiger partial charge in [-0.2, -0.15) is 0 Å². The van der Waals surface area contributed by atoms with Crippen LogP contribution in [0.2, 0.25) is 0 Å². The third-order valence-corrected chi connectivity index (χ3v) is 5.43. The van der Waals surface area contributed by atoms with Gasteiger partial charge in [-0.3, -0.25) is 4.79 Å². The average Bonchev–Trinajstić information content (AvgIpc) is 2.65. The number of benzene rings is 2. The summed E-state index contributed by atoms with van der Waals surface area (Å²) in [5.74, 6) is 0.0785. The molecule has 2 aromatic rings. The van der Waals surface area contributed by atoms with E-state index in [1.54, 1.807) is 18.2 Å². The zero-order valence-corrected chi connectivity index (χ0v) is 15.4. The second-order valence-electron chi connectivity index (χ2n) is 5.13. The van der Waals surface area contributed by atoms with Gasteiger partial charge in [0.15, 0.2) is 0 Å². The van der Waals surface area contributed by atoms with E-state index >= 15 is 0 Å². The number of hydrogen-bond acceptors (Lipinski definition) is 6. The van der Waals surface area contributed by atoms with Gasteiger partial charge in [-0.25, -0.2) is 8.42 Å². The Balaban J connectivity index is 2.66. The standard InChI is InChI=1S/C18H19NO6S/c1-23-12-7-9-13(10-8-12)26(21,22)17(18(19)20)11-14-15(24-2)5-4-6-16(14)25-3/h4-11H,1-3H3,(H2,19,20)/b17-11-. The molecular formula is C18H19NO6S. The fourth-order valence-electron chi connectivity index (χ4n) is 2.32. The molecule has 138 valence electrons. The molecule has 0 aromatic heterocycles.